The van der Waals surface area contributed by atoms with Crippen molar-refractivity contribution in [1.29, 1.82) is 0 Å². The minimum atomic E-state index is -3.40. The number of benzene rings is 2. The van der Waals surface area contributed by atoms with Crippen LogP contribution in [0.4, 0.5) is 0 Å². The molecule has 196 valence electrons. The minimum absolute atomic E-state index is 0.0483. The molecule has 2 amide bonds. The molecule has 0 bridgehead atoms. The fraction of sp³-hybridized carbons (Fsp3) is 0.370. The van der Waals surface area contributed by atoms with Crippen molar-refractivity contribution >= 4 is 60.5 Å². The molecular formula is C27H29ClN2O5S2. The number of ketones is 1. The molecule has 10 heteroatoms. The Hall–Kier alpha value is -2.75. The van der Waals surface area contributed by atoms with Crippen molar-refractivity contribution in [2.45, 2.75) is 38.3 Å². The fourth-order valence-electron chi connectivity index (χ4n) is 4.68. The van der Waals surface area contributed by atoms with Gasteiger partial charge < -0.3 is 9.80 Å². The number of hydrogen-bond acceptors (Lipinski definition) is 6. The lowest BCUT2D eigenvalue weighted by Crippen LogP contribution is -2.67. The first-order valence-corrected chi connectivity index (χ1v) is 15.3. The van der Waals surface area contributed by atoms with E-state index in [1.807, 2.05) is 35.7 Å². The highest BCUT2D eigenvalue weighted by Crippen LogP contribution is 2.37. The van der Waals surface area contributed by atoms with Crippen molar-refractivity contribution in [3.63, 3.8) is 0 Å². The summed E-state index contributed by atoms with van der Waals surface area (Å²) >= 11 is 7.66. The van der Waals surface area contributed by atoms with Gasteiger partial charge in [-0.2, -0.15) is 0 Å². The van der Waals surface area contributed by atoms with Gasteiger partial charge in [0.2, 0.25) is 5.91 Å². The van der Waals surface area contributed by atoms with Gasteiger partial charge in [0, 0.05) is 52.8 Å². The highest BCUT2D eigenvalue weighted by Gasteiger charge is 2.51. The first kappa shape index (κ1) is 27.3. The van der Waals surface area contributed by atoms with Gasteiger partial charge in [0.15, 0.2) is 9.84 Å². The lowest BCUT2D eigenvalue weighted by molar-refractivity contribution is -0.149. The third-order valence-electron chi connectivity index (χ3n) is 6.69. The molecule has 0 radical (unpaired) electrons. The zero-order valence-corrected chi connectivity index (χ0v) is 23.2. The van der Waals surface area contributed by atoms with Crippen molar-refractivity contribution in [3.8, 4) is 0 Å². The standard InChI is InChI=1S/C27H29ClN2O5S2/c1-27(12-14-30(27)25(32)23-17-36-24-11-4-3-10-22(23)24)26(33)29(16-19-7-5-8-20(28)15-19)13-6-9-21(31)18-37(2,34)35/h3-5,7-8,10-11,15,17H,6,9,12-14,16,18H2,1-2H3. The van der Waals surface area contributed by atoms with Gasteiger partial charge in [-0.25, -0.2) is 8.42 Å². The van der Waals surface area contributed by atoms with Crippen LogP contribution in [0.1, 0.15) is 42.1 Å². The second kappa shape index (κ2) is 10.9. The van der Waals surface area contributed by atoms with E-state index in [0.717, 1.165) is 21.9 Å². The smallest absolute Gasteiger partial charge is 0.256 e. The second-order valence-corrected chi connectivity index (χ2v) is 13.2. The van der Waals surface area contributed by atoms with E-state index in [0.29, 0.717) is 30.0 Å². The number of likely N-dealkylation sites (tertiary alicyclic amines) is 1. The summed E-state index contributed by atoms with van der Waals surface area (Å²) in [5.41, 5.74) is 0.398. The Morgan fingerprint density at radius 1 is 1.14 bits per heavy atom. The van der Waals surface area contributed by atoms with E-state index < -0.39 is 21.1 Å². The quantitative estimate of drug-likeness (QED) is 0.362. The maximum absolute atomic E-state index is 13.9. The van der Waals surface area contributed by atoms with Crippen LogP contribution in [-0.2, 0) is 26.0 Å². The predicted molar refractivity (Wildman–Crippen MR) is 147 cm³/mol. The van der Waals surface area contributed by atoms with Gasteiger partial charge in [0.25, 0.3) is 5.91 Å². The largest absolute Gasteiger partial charge is 0.336 e. The average Bonchev–Trinajstić information content (AvgIpc) is 3.25. The van der Waals surface area contributed by atoms with E-state index in [4.69, 9.17) is 11.6 Å². The monoisotopic (exact) mass is 560 g/mol. The van der Waals surface area contributed by atoms with Crippen molar-refractivity contribution in [2.75, 3.05) is 25.1 Å². The number of hydrogen-bond donors (Lipinski definition) is 0. The molecule has 1 saturated heterocycles. The molecule has 1 unspecified atom stereocenters. The Balaban J connectivity index is 1.53. The Bertz CT molecular complexity index is 1450. The summed E-state index contributed by atoms with van der Waals surface area (Å²) in [6.07, 6.45) is 1.92. The molecule has 0 spiro atoms. The number of nitrogens with zero attached hydrogens (tertiary/aromatic N) is 2. The van der Waals surface area contributed by atoms with Crippen molar-refractivity contribution < 1.29 is 22.8 Å². The molecule has 0 N–H and O–H groups in total. The zero-order chi connectivity index (χ0) is 26.8. The molecule has 1 aliphatic heterocycles. The molecule has 2 aromatic carbocycles. The third-order valence-corrected chi connectivity index (χ3v) is 8.74. The number of sulfone groups is 1. The molecule has 4 rings (SSSR count). The molecule has 1 atom stereocenters. The van der Waals surface area contributed by atoms with Crippen LogP contribution < -0.4 is 0 Å². The lowest BCUT2D eigenvalue weighted by Gasteiger charge is -2.51. The summed E-state index contributed by atoms with van der Waals surface area (Å²) in [6.45, 7) is 2.77. The molecule has 0 aliphatic carbocycles. The van der Waals surface area contributed by atoms with Gasteiger partial charge in [-0.05, 0) is 43.5 Å². The molecule has 7 nitrogen and oxygen atoms in total. The number of fused-ring (bicyclic) bond motifs is 1. The molecule has 0 saturated carbocycles. The Labute approximate surface area is 225 Å². The fourth-order valence-corrected chi connectivity index (χ4v) is 6.55. The van der Waals surface area contributed by atoms with Gasteiger partial charge in [0.05, 0.1) is 5.56 Å². The maximum atomic E-state index is 13.9. The second-order valence-electron chi connectivity index (χ2n) is 9.70. The van der Waals surface area contributed by atoms with E-state index >= 15 is 0 Å². The van der Waals surface area contributed by atoms with Gasteiger partial charge in [-0.1, -0.05) is 41.9 Å². The minimum Gasteiger partial charge on any atom is -0.336 e. The number of carbonyl (C=O) groups excluding carboxylic acids is 3. The Morgan fingerprint density at radius 2 is 1.89 bits per heavy atom. The summed E-state index contributed by atoms with van der Waals surface area (Å²) in [5.74, 6) is -1.27. The summed E-state index contributed by atoms with van der Waals surface area (Å²) in [6, 6.07) is 14.9. The highest BCUT2D eigenvalue weighted by atomic mass is 35.5. The lowest BCUT2D eigenvalue weighted by atomic mass is 9.84. The predicted octanol–water partition coefficient (Wildman–Crippen LogP) is 4.58. The van der Waals surface area contributed by atoms with Crippen LogP contribution in [0.2, 0.25) is 5.02 Å². The number of halogens is 1. The molecule has 1 fully saturated rings. The van der Waals surface area contributed by atoms with E-state index in [9.17, 15) is 22.8 Å². The van der Waals surface area contributed by atoms with Gasteiger partial charge in [-0.3, -0.25) is 14.4 Å². The van der Waals surface area contributed by atoms with Crippen LogP contribution in [0.3, 0.4) is 0 Å². The zero-order valence-electron chi connectivity index (χ0n) is 20.8. The normalized spacial score (nSPS) is 17.4. The third kappa shape index (κ3) is 6.22. The van der Waals surface area contributed by atoms with Crippen LogP contribution in [-0.4, -0.2) is 66.5 Å². The van der Waals surface area contributed by atoms with E-state index in [1.165, 1.54) is 11.3 Å². The number of amides is 2. The summed E-state index contributed by atoms with van der Waals surface area (Å²) < 4.78 is 23.9. The molecule has 2 heterocycles. The van der Waals surface area contributed by atoms with Crippen LogP contribution in [0.25, 0.3) is 10.1 Å². The van der Waals surface area contributed by atoms with Gasteiger partial charge >= 0.3 is 0 Å². The van der Waals surface area contributed by atoms with Crippen LogP contribution in [0.15, 0.2) is 53.9 Å². The van der Waals surface area contributed by atoms with Crippen LogP contribution >= 0.6 is 22.9 Å². The van der Waals surface area contributed by atoms with Crippen molar-refractivity contribution in [1.82, 2.24) is 9.80 Å². The Morgan fingerprint density at radius 3 is 2.57 bits per heavy atom. The van der Waals surface area contributed by atoms with Crippen molar-refractivity contribution in [3.05, 3.63) is 70.1 Å². The first-order chi connectivity index (χ1) is 17.5. The maximum Gasteiger partial charge on any atom is 0.256 e. The molecule has 37 heavy (non-hydrogen) atoms. The topological polar surface area (TPSA) is 91.8 Å². The molecule has 1 aromatic heterocycles. The first-order valence-electron chi connectivity index (χ1n) is 12.0. The summed E-state index contributed by atoms with van der Waals surface area (Å²) in [5, 5.41) is 3.26. The number of rotatable bonds is 10. The average molecular weight is 561 g/mol. The number of carbonyl (C=O) groups is 3. The van der Waals surface area contributed by atoms with E-state index in [-0.39, 0.29) is 37.1 Å². The number of Topliss-reactive ketones (excluding diaryl/α,β-unsaturated/α-hetero) is 1. The molecule has 1 aliphatic rings. The van der Waals surface area contributed by atoms with Gasteiger partial charge in [-0.15, -0.1) is 11.3 Å². The van der Waals surface area contributed by atoms with E-state index in [2.05, 4.69) is 0 Å². The Kier molecular flexibility index (Phi) is 8.06. The SMILES string of the molecule is CC1(C(=O)N(CCCC(=O)CS(C)(=O)=O)Cc2cccc(Cl)c2)CCN1C(=O)c1csc2ccccc12. The van der Waals surface area contributed by atoms with Crippen LogP contribution in [0, 0.1) is 0 Å². The van der Waals surface area contributed by atoms with Gasteiger partial charge in [0.1, 0.15) is 17.1 Å². The van der Waals surface area contributed by atoms with Crippen LogP contribution in [0.5, 0.6) is 0 Å². The van der Waals surface area contributed by atoms with E-state index in [1.54, 1.807) is 34.9 Å². The highest BCUT2D eigenvalue weighted by molar-refractivity contribution is 7.91. The van der Waals surface area contributed by atoms with Crippen molar-refractivity contribution in [2.24, 2.45) is 0 Å². The number of thiophene rings is 1. The summed E-state index contributed by atoms with van der Waals surface area (Å²) in [4.78, 5) is 42.8. The molecular weight excluding hydrogens is 532 g/mol. The summed E-state index contributed by atoms with van der Waals surface area (Å²) in [7, 11) is -3.40. The molecule has 3 aromatic rings.